The smallest absolute Gasteiger partial charge is 0.270 e. The summed E-state index contributed by atoms with van der Waals surface area (Å²) in [5.74, 6) is -0.221. The molecule has 1 fully saturated rings. The van der Waals surface area contributed by atoms with Crippen molar-refractivity contribution in [2.45, 2.75) is 52.0 Å². The monoisotopic (exact) mass is 303 g/mol. The molecule has 5 heteroatoms. The van der Waals surface area contributed by atoms with Crippen molar-refractivity contribution in [3.63, 3.8) is 0 Å². The predicted octanol–water partition coefficient (Wildman–Crippen LogP) is 2.63. The van der Waals surface area contributed by atoms with Gasteiger partial charge in [0, 0.05) is 30.9 Å². The quantitative estimate of drug-likeness (QED) is 0.930. The van der Waals surface area contributed by atoms with Crippen molar-refractivity contribution in [1.29, 1.82) is 0 Å². The maximum absolute atomic E-state index is 12.6. The lowest BCUT2D eigenvalue weighted by Gasteiger charge is -2.20. The number of amides is 2. The predicted molar refractivity (Wildman–Crippen MR) is 85.8 cm³/mol. The number of carbonyl (C=O) groups excluding carboxylic acids is 2. The highest BCUT2D eigenvalue weighted by atomic mass is 16.2. The largest absolute Gasteiger partial charge is 0.348 e. The third-order valence-electron chi connectivity index (χ3n) is 4.12. The fraction of sp³-hybridized carbons (Fsp3) is 0.588. The van der Waals surface area contributed by atoms with Crippen molar-refractivity contribution in [3.05, 3.63) is 29.6 Å². The highest BCUT2D eigenvalue weighted by Crippen LogP contribution is 2.14. The molecule has 1 aromatic rings. The van der Waals surface area contributed by atoms with Crippen LogP contribution < -0.4 is 5.32 Å². The van der Waals surface area contributed by atoms with Crippen LogP contribution in [0.4, 0.5) is 0 Å². The van der Waals surface area contributed by atoms with Gasteiger partial charge < -0.3 is 10.2 Å². The van der Waals surface area contributed by atoms with Crippen LogP contribution >= 0.6 is 0 Å². The van der Waals surface area contributed by atoms with Crippen molar-refractivity contribution >= 4 is 11.8 Å². The summed E-state index contributed by atoms with van der Waals surface area (Å²) in [6.45, 7) is 5.56. The molecule has 2 heterocycles. The van der Waals surface area contributed by atoms with Crippen molar-refractivity contribution in [3.8, 4) is 0 Å². The van der Waals surface area contributed by atoms with Gasteiger partial charge in [0.05, 0.1) is 0 Å². The first-order valence-electron chi connectivity index (χ1n) is 8.18. The van der Waals surface area contributed by atoms with Gasteiger partial charge in [0.2, 0.25) is 0 Å². The Labute approximate surface area is 132 Å². The van der Waals surface area contributed by atoms with Gasteiger partial charge >= 0.3 is 0 Å². The standard InChI is InChI=1S/C17H25N3O2/c1-3-13(2)19-16(21)15-12-14(8-9-18-15)17(22)20-10-6-4-5-7-11-20/h8-9,12-13H,3-7,10-11H2,1-2H3,(H,19,21). The Balaban J connectivity index is 2.09. The van der Waals surface area contributed by atoms with Crippen LogP contribution in [0.3, 0.4) is 0 Å². The van der Waals surface area contributed by atoms with E-state index in [1.165, 1.54) is 19.0 Å². The van der Waals surface area contributed by atoms with Crippen molar-refractivity contribution in [2.75, 3.05) is 13.1 Å². The lowest BCUT2D eigenvalue weighted by molar-refractivity contribution is 0.0761. The Kier molecular flexibility index (Phi) is 5.92. The minimum absolute atomic E-state index is 0.00175. The van der Waals surface area contributed by atoms with Crippen LogP contribution in [-0.4, -0.2) is 40.8 Å². The Bertz CT molecular complexity index is 522. The first-order valence-corrected chi connectivity index (χ1v) is 8.18. The molecular weight excluding hydrogens is 278 g/mol. The Morgan fingerprint density at radius 2 is 1.95 bits per heavy atom. The molecule has 1 aliphatic rings. The average Bonchev–Trinajstić information content (AvgIpc) is 2.83. The Hall–Kier alpha value is -1.91. The number of rotatable bonds is 4. The van der Waals surface area contributed by atoms with E-state index >= 15 is 0 Å². The molecule has 0 saturated carbocycles. The summed E-state index contributed by atoms with van der Waals surface area (Å²) in [6.07, 6.45) is 6.87. The number of hydrogen-bond acceptors (Lipinski definition) is 3. The molecule has 0 aliphatic carbocycles. The Morgan fingerprint density at radius 1 is 1.27 bits per heavy atom. The molecule has 1 aromatic heterocycles. The summed E-state index contributed by atoms with van der Waals surface area (Å²) >= 11 is 0. The SMILES string of the molecule is CCC(C)NC(=O)c1cc(C(=O)N2CCCCCC2)ccn1. The second-order valence-electron chi connectivity index (χ2n) is 5.92. The molecule has 22 heavy (non-hydrogen) atoms. The minimum atomic E-state index is -0.222. The van der Waals surface area contributed by atoms with E-state index in [2.05, 4.69) is 10.3 Å². The number of pyridine rings is 1. The molecule has 120 valence electrons. The molecule has 1 atom stereocenters. The summed E-state index contributed by atoms with van der Waals surface area (Å²) in [5, 5.41) is 2.88. The van der Waals surface area contributed by atoms with Crippen molar-refractivity contribution in [2.24, 2.45) is 0 Å². The van der Waals surface area contributed by atoms with E-state index in [0.717, 1.165) is 32.4 Å². The number of likely N-dealkylation sites (tertiary alicyclic amines) is 1. The molecule has 5 nitrogen and oxygen atoms in total. The van der Waals surface area contributed by atoms with Gasteiger partial charge in [0.25, 0.3) is 11.8 Å². The molecule has 1 unspecified atom stereocenters. The van der Waals surface area contributed by atoms with E-state index in [0.29, 0.717) is 11.3 Å². The van der Waals surface area contributed by atoms with Gasteiger partial charge in [-0.2, -0.15) is 0 Å². The Morgan fingerprint density at radius 3 is 2.59 bits per heavy atom. The van der Waals surface area contributed by atoms with Crippen molar-refractivity contribution < 1.29 is 9.59 Å². The maximum Gasteiger partial charge on any atom is 0.270 e. The van der Waals surface area contributed by atoms with Gasteiger partial charge in [-0.3, -0.25) is 14.6 Å². The zero-order valence-electron chi connectivity index (χ0n) is 13.5. The first-order chi connectivity index (χ1) is 10.6. The number of nitrogens with zero attached hydrogens (tertiary/aromatic N) is 2. The molecular formula is C17H25N3O2. The normalized spacial score (nSPS) is 16.7. The number of aromatic nitrogens is 1. The van der Waals surface area contributed by atoms with Crippen LogP contribution in [0, 0.1) is 0 Å². The molecule has 1 aliphatic heterocycles. The highest BCUT2D eigenvalue weighted by molar-refractivity contribution is 5.98. The third-order valence-corrected chi connectivity index (χ3v) is 4.12. The van der Waals surface area contributed by atoms with E-state index in [1.807, 2.05) is 18.7 Å². The summed E-state index contributed by atoms with van der Waals surface area (Å²) < 4.78 is 0. The lowest BCUT2D eigenvalue weighted by atomic mass is 10.1. The molecule has 0 radical (unpaired) electrons. The van der Waals surface area contributed by atoms with Gasteiger partial charge in [-0.05, 0) is 38.3 Å². The first kappa shape index (κ1) is 16.5. The summed E-state index contributed by atoms with van der Waals surface area (Å²) in [7, 11) is 0. The molecule has 1 saturated heterocycles. The van der Waals surface area contributed by atoms with Crippen LogP contribution in [0.15, 0.2) is 18.3 Å². The van der Waals surface area contributed by atoms with E-state index in [9.17, 15) is 9.59 Å². The molecule has 1 N–H and O–H groups in total. The van der Waals surface area contributed by atoms with E-state index in [4.69, 9.17) is 0 Å². The molecule has 0 aromatic carbocycles. The van der Waals surface area contributed by atoms with E-state index < -0.39 is 0 Å². The average molecular weight is 303 g/mol. The van der Waals surface area contributed by atoms with Crippen LogP contribution in [0.1, 0.15) is 66.8 Å². The van der Waals surface area contributed by atoms with Crippen molar-refractivity contribution in [1.82, 2.24) is 15.2 Å². The molecule has 0 bridgehead atoms. The fourth-order valence-corrected chi connectivity index (χ4v) is 2.54. The second kappa shape index (κ2) is 7.92. The summed E-state index contributed by atoms with van der Waals surface area (Å²) in [5.41, 5.74) is 0.854. The van der Waals surface area contributed by atoms with Gasteiger partial charge in [0.1, 0.15) is 5.69 Å². The van der Waals surface area contributed by atoms with E-state index in [1.54, 1.807) is 12.1 Å². The zero-order valence-corrected chi connectivity index (χ0v) is 13.5. The van der Waals surface area contributed by atoms with Crippen LogP contribution in [0.5, 0.6) is 0 Å². The number of hydrogen-bond donors (Lipinski definition) is 1. The minimum Gasteiger partial charge on any atom is -0.348 e. The topological polar surface area (TPSA) is 62.3 Å². The fourth-order valence-electron chi connectivity index (χ4n) is 2.54. The van der Waals surface area contributed by atoms with E-state index in [-0.39, 0.29) is 17.9 Å². The number of nitrogens with one attached hydrogen (secondary N) is 1. The molecule has 2 amide bonds. The summed E-state index contributed by atoms with van der Waals surface area (Å²) in [6, 6.07) is 3.39. The third kappa shape index (κ3) is 4.29. The van der Waals surface area contributed by atoms with Crippen LogP contribution in [0.2, 0.25) is 0 Å². The number of carbonyl (C=O) groups is 2. The summed E-state index contributed by atoms with van der Waals surface area (Å²) in [4.78, 5) is 30.7. The van der Waals surface area contributed by atoms with Crippen LogP contribution in [0.25, 0.3) is 0 Å². The molecule has 2 rings (SSSR count). The lowest BCUT2D eigenvalue weighted by Crippen LogP contribution is -2.34. The zero-order chi connectivity index (χ0) is 15.9. The molecule has 0 spiro atoms. The van der Waals surface area contributed by atoms with Crippen LogP contribution in [-0.2, 0) is 0 Å². The van der Waals surface area contributed by atoms with Gasteiger partial charge in [-0.15, -0.1) is 0 Å². The highest BCUT2D eigenvalue weighted by Gasteiger charge is 2.19. The second-order valence-corrected chi connectivity index (χ2v) is 5.92. The van der Waals surface area contributed by atoms with Gasteiger partial charge in [-0.25, -0.2) is 0 Å². The maximum atomic E-state index is 12.6. The van der Waals surface area contributed by atoms with Gasteiger partial charge in [0.15, 0.2) is 0 Å². The van der Waals surface area contributed by atoms with Gasteiger partial charge in [-0.1, -0.05) is 19.8 Å².